The van der Waals surface area contributed by atoms with Gasteiger partial charge in [-0.25, -0.2) is 4.39 Å². The van der Waals surface area contributed by atoms with Gasteiger partial charge in [-0.1, -0.05) is 0 Å². The summed E-state index contributed by atoms with van der Waals surface area (Å²) in [6.07, 6.45) is 0. The van der Waals surface area contributed by atoms with E-state index in [0.29, 0.717) is 5.69 Å². The van der Waals surface area contributed by atoms with E-state index in [4.69, 9.17) is 5.73 Å². The van der Waals surface area contributed by atoms with Gasteiger partial charge in [-0.05, 0) is 25.2 Å². The molecule has 0 saturated carbocycles. The number of halogens is 1. The molecule has 1 aromatic carbocycles. The first-order chi connectivity index (χ1) is 9.29. The molecule has 0 fully saturated rings. The Kier molecular flexibility index (Phi) is 5.45. The van der Waals surface area contributed by atoms with Gasteiger partial charge in [0.25, 0.3) is 0 Å². The fraction of sp³-hybridized carbons (Fsp3) is 0.385. The Balaban J connectivity index is 2.50. The minimum atomic E-state index is -0.531. The molecule has 6 nitrogen and oxygen atoms in total. The number of rotatable bonds is 5. The average Bonchev–Trinajstić information content (AvgIpc) is 2.33. The third-order valence-electron chi connectivity index (χ3n) is 2.60. The lowest BCUT2D eigenvalue weighted by Crippen LogP contribution is -2.38. The Hall–Kier alpha value is -2.15. The molecule has 0 atom stereocenters. The van der Waals surface area contributed by atoms with E-state index in [1.807, 2.05) is 0 Å². The highest BCUT2D eigenvalue weighted by atomic mass is 19.1. The summed E-state index contributed by atoms with van der Waals surface area (Å²) in [4.78, 5) is 26.3. The summed E-state index contributed by atoms with van der Waals surface area (Å²) >= 11 is 0. The van der Waals surface area contributed by atoms with Crippen LogP contribution in [-0.4, -0.2) is 55.8 Å². The molecule has 0 aliphatic heterocycles. The molecular weight excluding hydrogens is 263 g/mol. The average molecular weight is 282 g/mol. The number of hydrogen-bond donors (Lipinski definition) is 2. The van der Waals surface area contributed by atoms with Crippen LogP contribution < -0.4 is 11.1 Å². The maximum atomic E-state index is 13.0. The van der Waals surface area contributed by atoms with Crippen LogP contribution in [0.25, 0.3) is 0 Å². The number of anilines is 2. The largest absolute Gasteiger partial charge is 0.396 e. The van der Waals surface area contributed by atoms with Crippen LogP contribution in [0, 0.1) is 5.82 Å². The van der Waals surface area contributed by atoms with Crippen molar-refractivity contribution in [2.45, 2.75) is 0 Å². The highest BCUT2D eigenvalue weighted by molar-refractivity contribution is 5.93. The summed E-state index contributed by atoms with van der Waals surface area (Å²) in [5, 5.41) is 2.59. The second-order valence-electron chi connectivity index (χ2n) is 4.74. The highest BCUT2D eigenvalue weighted by Gasteiger charge is 2.12. The molecule has 0 bridgehead atoms. The summed E-state index contributed by atoms with van der Waals surface area (Å²) in [6, 6.07) is 3.96. The van der Waals surface area contributed by atoms with E-state index >= 15 is 0 Å². The van der Waals surface area contributed by atoms with Crippen molar-refractivity contribution in [3.8, 4) is 0 Å². The molecule has 1 aromatic rings. The van der Waals surface area contributed by atoms with Gasteiger partial charge in [-0.2, -0.15) is 0 Å². The van der Waals surface area contributed by atoms with E-state index in [0.717, 1.165) is 0 Å². The number of nitrogen functional groups attached to an aromatic ring is 1. The first kappa shape index (κ1) is 15.9. The van der Waals surface area contributed by atoms with Crippen molar-refractivity contribution in [3.63, 3.8) is 0 Å². The zero-order chi connectivity index (χ0) is 15.3. The molecule has 1 rings (SSSR count). The lowest BCUT2D eigenvalue weighted by atomic mass is 10.2. The SMILES string of the molecule is CN(CC(=O)Nc1ccc(F)c(N)c1)CC(=O)N(C)C. The Morgan fingerprint density at radius 3 is 2.45 bits per heavy atom. The van der Waals surface area contributed by atoms with Crippen LogP contribution >= 0.6 is 0 Å². The molecule has 7 heteroatoms. The summed E-state index contributed by atoms with van der Waals surface area (Å²) < 4.78 is 13.0. The van der Waals surface area contributed by atoms with E-state index in [1.54, 1.807) is 26.0 Å². The number of nitrogens with two attached hydrogens (primary N) is 1. The van der Waals surface area contributed by atoms with Crippen molar-refractivity contribution >= 4 is 23.2 Å². The first-order valence-electron chi connectivity index (χ1n) is 6.03. The summed E-state index contributed by atoms with van der Waals surface area (Å²) in [6.45, 7) is 0.197. The number of hydrogen-bond acceptors (Lipinski definition) is 4. The Morgan fingerprint density at radius 2 is 1.90 bits per heavy atom. The Bertz CT molecular complexity index is 505. The van der Waals surface area contributed by atoms with Crippen molar-refractivity contribution < 1.29 is 14.0 Å². The first-order valence-corrected chi connectivity index (χ1v) is 6.03. The summed E-state index contributed by atoms with van der Waals surface area (Å²) in [7, 11) is 4.97. The quantitative estimate of drug-likeness (QED) is 0.765. The van der Waals surface area contributed by atoms with Gasteiger partial charge in [-0.15, -0.1) is 0 Å². The minimum Gasteiger partial charge on any atom is -0.396 e. The maximum Gasteiger partial charge on any atom is 0.238 e. The number of likely N-dealkylation sites (N-methyl/N-ethyl adjacent to an activating group) is 2. The fourth-order valence-corrected chi connectivity index (χ4v) is 1.50. The van der Waals surface area contributed by atoms with E-state index in [1.165, 1.54) is 23.1 Å². The molecule has 0 aromatic heterocycles. The normalized spacial score (nSPS) is 10.4. The molecule has 110 valence electrons. The molecule has 0 heterocycles. The van der Waals surface area contributed by atoms with Gasteiger partial charge in [-0.3, -0.25) is 14.5 Å². The second-order valence-corrected chi connectivity index (χ2v) is 4.74. The predicted octanol–water partition coefficient (Wildman–Crippen LogP) is 0.366. The molecule has 2 amide bonds. The number of amides is 2. The monoisotopic (exact) mass is 282 g/mol. The molecule has 0 aliphatic rings. The van der Waals surface area contributed by atoms with E-state index in [2.05, 4.69) is 5.32 Å². The second kappa shape index (κ2) is 6.85. The lowest BCUT2D eigenvalue weighted by Gasteiger charge is -2.18. The number of nitrogens with zero attached hydrogens (tertiary/aromatic N) is 2. The third-order valence-corrected chi connectivity index (χ3v) is 2.60. The van der Waals surface area contributed by atoms with Crippen LogP contribution in [0.4, 0.5) is 15.8 Å². The van der Waals surface area contributed by atoms with E-state index < -0.39 is 5.82 Å². The van der Waals surface area contributed by atoms with Gasteiger partial charge < -0.3 is 16.0 Å². The molecule has 0 unspecified atom stereocenters. The van der Waals surface area contributed by atoms with Crippen molar-refractivity contribution in [3.05, 3.63) is 24.0 Å². The van der Waals surface area contributed by atoms with Crippen LogP contribution in [0.15, 0.2) is 18.2 Å². The maximum absolute atomic E-state index is 13.0. The number of carbonyl (C=O) groups is 2. The topological polar surface area (TPSA) is 78.7 Å². The van der Waals surface area contributed by atoms with E-state index in [9.17, 15) is 14.0 Å². The van der Waals surface area contributed by atoms with Gasteiger partial charge >= 0.3 is 0 Å². The van der Waals surface area contributed by atoms with Crippen LogP contribution in [0.3, 0.4) is 0 Å². The molecule has 0 aliphatic carbocycles. The molecule has 3 N–H and O–H groups in total. The highest BCUT2D eigenvalue weighted by Crippen LogP contribution is 2.16. The molecule has 0 saturated heterocycles. The van der Waals surface area contributed by atoms with Gasteiger partial charge in [0.2, 0.25) is 11.8 Å². The summed E-state index contributed by atoms with van der Waals surface area (Å²) in [5.41, 5.74) is 5.80. The lowest BCUT2D eigenvalue weighted by molar-refractivity contribution is -0.130. The van der Waals surface area contributed by atoms with Crippen LogP contribution in [0.5, 0.6) is 0 Å². The van der Waals surface area contributed by atoms with Crippen molar-refractivity contribution in [1.82, 2.24) is 9.80 Å². The van der Waals surface area contributed by atoms with E-state index in [-0.39, 0.29) is 30.6 Å². The van der Waals surface area contributed by atoms with Crippen molar-refractivity contribution in [2.24, 2.45) is 0 Å². The predicted molar refractivity (Wildman–Crippen MR) is 75.6 cm³/mol. The molecule has 0 radical (unpaired) electrons. The van der Waals surface area contributed by atoms with Gasteiger partial charge in [0.1, 0.15) is 5.82 Å². The fourth-order valence-electron chi connectivity index (χ4n) is 1.50. The van der Waals surface area contributed by atoms with Crippen LogP contribution in [-0.2, 0) is 9.59 Å². The number of nitrogens with one attached hydrogen (secondary N) is 1. The molecule has 0 spiro atoms. The van der Waals surface area contributed by atoms with Crippen molar-refractivity contribution in [2.75, 3.05) is 45.3 Å². The molecular formula is C13H19FN4O2. The molecule has 20 heavy (non-hydrogen) atoms. The van der Waals surface area contributed by atoms with Crippen LogP contribution in [0.2, 0.25) is 0 Å². The van der Waals surface area contributed by atoms with Gasteiger partial charge in [0.15, 0.2) is 0 Å². The zero-order valence-electron chi connectivity index (χ0n) is 11.8. The number of benzene rings is 1. The standard InChI is InChI=1S/C13H19FN4O2/c1-17(2)13(20)8-18(3)7-12(19)16-9-4-5-10(14)11(15)6-9/h4-6H,7-8,15H2,1-3H3,(H,16,19). The van der Waals surface area contributed by atoms with Gasteiger partial charge in [0.05, 0.1) is 18.8 Å². The Morgan fingerprint density at radius 1 is 1.25 bits per heavy atom. The van der Waals surface area contributed by atoms with Crippen LogP contribution in [0.1, 0.15) is 0 Å². The zero-order valence-corrected chi connectivity index (χ0v) is 11.8. The third kappa shape index (κ3) is 4.85. The van der Waals surface area contributed by atoms with Crippen molar-refractivity contribution in [1.29, 1.82) is 0 Å². The minimum absolute atomic E-state index is 0.0288. The van der Waals surface area contributed by atoms with Gasteiger partial charge in [0, 0.05) is 19.8 Å². The smallest absolute Gasteiger partial charge is 0.238 e. The Labute approximate surface area is 117 Å². The summed E-state index contributed by atoms with van der Waals surface area (Å²) in [5.74, 6) is -0.923. The number of carbonyl (C=O) groups excluding carboxylic acids is 2.